The van der Waals surface area contributed by atoms with Crippen LogP contribution in [0.25, 0.3) is 28.2 Å². The topological polar surface area (TPSA) is 123 Å². The lowest BCUT2D eigenvalue weighted by atomic mass is 10.0. The van der Waals surface area contributed by atoms with E-state index in [9.17, 15) is 9.59 Å². The number of fused-ring (bicyclic) bond motifs is 8. The summed E-state index contributed by atoms with van der Waals surface area (Å²) in [6.07, 6.45) is 2.05. The number of nitrogens with zero attached hydrogens (tertiary/aromatic N) is 8. The smallest absolute Gasteiger partial charge is 0.358 e. The summed E-state index contributed by atoms with van der Waals surface area (Å²) in [5.74, 6) is -0.306. The summed E-state index contributed by atoms with van der Waals surface area (Å²) in [5.41, 5.74) is 8.13. The van der Waals surface area contributed by atoms with Gasteiger partial charge in [-0.15, -0.1) is 10.2 Å². The lowest BCUT2D eigenvalue weighted by Crippen LogP contribution is -2.12. The third-order valence-corrected chi connectivity index (χ3v) is 7.43. The van der Waals surface area contributed by atoms with Crippen LogP contribution in [0.15, 0.2) is 42.7 Å². The minimum atomic E-state index is -0.443. The Hall–Kier alpha value is -4.35. The van der Waals surface area contributed by atoms with Crippen molar-refractivity contribution in [1.82, 2.24) is 39.5 Å². The zero-order chi connectivity index (χ0) is 28.8. The fraction of sp³-hybridized carbons (Fsp3) is 0.250. The number of hydrogen-bond acceptors (Lipinski definition) is 8. The molecule has 208 valence electrons. The van der Waals surface area contributed by atoms with E-state index < -0.39 is 5.97 Å². The Balaban J connectivity index is 0.000000156. The van der Waals surface area contributed by atoms with E-state index >= 15 is 0 Å². The molecule has 5 heterocycles. The zero-order valence-electron chi connectivity index (χ0n) is 22.4. The van der Waals surface area contributed by atoms with Crippen molar-refractivity contribution in [3.05, 3.63) is 81.1 Å². The van der Waals surface area contributed by atoms with E-state index in [2.05, 4.69) is 25.6 Å². The van der Waals surface area contributed by atoms with Crippen molar-refractivity contribution < 1.29 is 14.3 Å². The number of carbonyl (C=O) groups excluding carboxylic acids is 2. The van der Waals surface area contributed by atoms with Gasteiger partial charge in [0.25, 0.3) is 0 Å². The Morgan fingerprint density at radius 1 is 0.927 bits per heavy atom. The molecule has 0 saturated heterocycles. The molecule has 5 aromatic rings. The summed E-state index contributed by atoms with van der Waals surface area (Å²) in [4.78, 5) is 28.2. The molecular weight excluding hydrogens is 567 g/mol. The van der Waals surface area contributed by atoms with Gasteiger partial charge in [-0.1, -0.05) is 39.7 Å². The minimum absolute atomic E-state index is 0.136. The van der Waals surface area contributed by atoms with Gasteiger partial charge in [-0.3, -0.25) is 9.36 Å². The molecule has 0 atom stereocenters. The molecule has 0 radical (unpaired) electrons. The van der Waals surface area contributed by atoms with Crippen LogP contribution in [-0.4, -0.2) is 57.9 Å². The summed E-state index contributed by atoms with van der Waals surface area (Å²) < 4.78 is 10.4. The molecule has 0 bridgehead atoms. The first-order valence-corrected chi connectivity index (χ1v) is 13.6. The van der Waals surface area contributed by atoms with Crippen LogP contribution in [-0.2, 0) is 29.0 Å². The van der Waals surface area contributed by atoms with E-state index in [-0.39, 0.29) is 12.3 Å². The first-order chi connectivity index (χ1) is 19.7. The van der Waals surface area contributed by atoms with Crippen molar-refractivity contribution in [2.24, 2.45) is 0 Å². The lowest BCUT2D eigenvalue weighted by Gasteiger charge is -2.09. The predicted molar refractivity (Wildman–Crippen MR) is 151 cm³/mol. The number of carbonyl (C=O) groups is 2. The number of aryl methyl sites for hydroxylation is 2. The number of esters is 1. The van der Waals surface area contributed by atoms with Crippen LogP contribution in [0.4, 0.5) is 0 Å². The SMILES string of the molecule is CCOC(=O)c1ncn2c1Cn1nnc(C)c1-c1cc(Cl)ccc1-2.Cc1nnn2c1-c1cc(Cl)ccc1CC(=O)C2. The number of aromatic nitrogens is 8. The molecule has 0 saturated carbocycles. The Labute approximate surface area is 244 Å². The molecule has 0 fully saturated rings. The Bertz CT molecular complexity index is 1840. The molecular formula is C28H24Cl2N8O3. The molecule has 2 aromatic carbocycles. The summed E-state index contributed by atoms with van der Waals surface area (Å²) >= 11 is 12.2. The average molecular weight is 591 g/mol. The first kappa shape index (κ1) is 26.9. The highest BCUT2D eigenvalue weighted by Gasteiger charge is 2.28. The van der Waals surface area contributed by atoms with Gasteiger partial charge in [-0.2, -0.15) is 0 Å². The molecule has 3 aromatic heterocycles. The highest BCUT2D eigenvalue weighted by atomic mass is 35.5. The fourth-order valence-corrected chi connectivity index (χ4v) is 5.54. The normalized spacial score (nSPS) is 13.0. The average Bonchev–Trinajstić information content (AvgIpc) is 3.57. The van der Waals surface area contributed by atoms with Crippen molar-refractivity contribution >= 4 is 35.0 Å². The number of Topliss-reactive ketones (excluding diaryl/α,β-unsaturated/α-hetero) is 1. The quantitative estimate of drug-likeness (QED) is 0.267. The summed E-state index contributed by atoms with van der Waals surface area (Å²) in [6.45, 7) is 6.50. The maximum atomic E-state index is 12.2. The molecule has 0 amide bonds. The summed E-state index contributed by atoms with van der Waals surface area (Å²) in [6, 6.07) is 11.2. The second-order valence-electron chi connectivity index (χ2n) is 9.67. The molecule has 0 N–H and O–H groups in total. The number of hydrogen-bond donors (Lipinski definition) is 0. The molecule has 11 nitrogen and oxygen atoms in total. The standard InChI is InChI=1S/C16H14ClN5O2.C12H10ClN3O/c1-3-24-16(23)14-13-7-22-15(9(2)19-20-22)11-6-10(17)4-5-12(11)21(13)8-18-14;1-7-12-11-5-9(13)3-2-8(11)4-10(17)6-16(12)15-14-7/h4-6,8H,3,7H2,1-2H3;2-3,5H,4,6H2,1H3. The van der Waals surface area contributed by atoms with E-state index in [4.69, 9.17) is 27.9 Å². The fourth-order valence-electron chi connectivity index (χ4n) is 5.20. The number of benzene rings is 2. The third-order valence-electron chi connectivity index (χ3n) is 6.96. The van der Waals surface area contributed by atoms with Crippen LogP contribution >= 0.6 is 23.2 Å². The van der Waals surface area contributed by atoms with Gasteiger partial charge in [0.1, 0.15) is 12.9 Å². The van der Waals surface area contributed by atoms with E-state index in [1.165, 1.54) is 0 Å². The van der Waals surface area contributed by atoms with E-state index in [0.717, 1.165) is 45.2 Å². The molecule has 41 heavy (non-hydrogen) atoms. The minimum Gasteiger partial charge on any atom is -0.461 e. The Kier molecular flexibility index (Phi) is 6.92. The molecule has 0 spiro atoms. The van der Waals surface area contributed by atoms with Crippen LogP contribution in [0.5, 0.6) is 0 Å². The van der Waals surface area contributed by atoms with Crippen molar-refractivity contribution in [2.75, 3.05) is 6.61 Å². The van der Waals surface area contributed by atoms with E-state index in [1.807, 2.05) is 54.8 Å². The van der Waals surface area contributed by atoms with E-state index in [0.29, 0.717) is 41.0 Å². The van der Waals surface area contributed by atoms with Crippen LogP contribution < -0.4 is 0 Å². The maximum absolute atomic E-state index is 12.2. The van der Waals surface area contributed by atoms with Crippen LogP contribution in [0.2, 0.25) is 10.0 Å². The third kappa shape index (κ3) is 4.81. The largest absolute Gasteiger partial charge is 0.461 e. The van der Waals surface area contributed by atoms with Gasteiger partial charge in [0.2, 0.25) is 0 Å². The molecule has 0 aliphatic carbocycles. The van der Waals surface area contributed by atoms with Crippen LogP contribution in [0, 0.1) is 13.8 Å². The maximum Gasteiger partial charge on any atom is 0.358 e. The number of ether oxygens (including phenoxy) is 1. The Morgan fingerprint density at radius 3 is 2.27 bits per heavy atom. The Morgan fingerprint density at radius 2 is 1.56 bits per heavy atom. The van der Waals surface area contributed by atoms with Crippen molar-refractivity contribution in [1.29, 1.82) is 0 Å². The molecule has 2 aliphatic heterocycles. The van der Waals surface area contributed by atoms with Crippen LogP contribution in [0.1, 0.15) is 40.1 Å². The number of halogens is 2. The van der Waals surface area contributed by atoms with Gasteiger partial charge in [-0.05, 0) is 56.7 Å². The molecule has 0 unspecified atom stereocenters. The van der Waals surface area contributed by atoms with Gasteiger partial charge < -0.3 is 4.74 Å². The number of rotatable bonds is 2. The summed E-state index contributed by atoms with van der Waals surface area (Å²) in [5, 5.41) is 17.7. The molecule has 7 rings (SSSR count). The highest BCUT2D eigenvalue weighted by molar-refractivity contribution is 6.31. The predicted octanol–water partition coefficient (Wildman–Crippen LogP) is 4.66. The monoisotopic (exact) mass is 590 g/mol. The summed E-state index contributed by atoms with van der Waals surface area (Å²) in [7, 11) is 0. The number of imidazole rings is 1. The van der Waals surface area contributed by atoms with Gasteiger partial charge in [0, 0.05) is 27.6 Å². The van der Waals surface area contributed by atoms with Crippen LogP contribution in [0.3, 0.4) is 0 Å². The first-order valence-electron chi connectivity index (χ1n) is 12.9. The van der Waals surface area contributed by atoms with Crippen molar-refractivity contribution in [3.63, 3.8) is 0 Å². The second kappa shape index (κ2) is 10.6. The van der Waals surface area contributed by atoms with Crippen molar-refractivity contribution in [3.8, 4) is 28.2 Å². The van der Waals surface area contributed by atoms with Gasteiger partial charge in [0.05, 0.1) is 47.3 Å². The van der Waals surface area contributed by atoms with Crippen molar-refractivity contribution in [2.45, 2.75) is 40.3 Å². The zero-order valence-corrected chi connectivity index (χ0v) is 23.9. The van der Waals surface area contributed by atoms with E-state index in [1.54, 1.807) is 22.6 Å². The number of ketones is 1. The van der Waals surface area contributed by atoms with Gasteiger partial charge in [-0.25, -0.2) is 19.1 Å². The van der Waals surface area contributed by atoms with Gasteiger partial charge >= 0.3 is 5.97 Å². The second-order valence-corrected chi connectivity index (χ2v) is 10.5. The molecule has 13 heteroatoms. The van der Waals surface area contributed by atoms with Gasteiger partial charge in [0.15, 0.2) is 11.5 Å². The lowest BCUT2D eigenvalue weighted by molar-refractivity contribution is -0.119. The highest BCUT2D eigenvalue weighted by Crippen LogP contribution is 2.35. The molecule has 2 aliphatic rings.